The molecule has 1 heterocycles. The monoisotopic (exact) mass is 324 g/mol. The molecule has 19 heavy (non-hydrogen) atoms. The summed E-state index contributed by atoms with van der Waals surface area (Å²) in [6.45, 7) is 4.81. The largest absolute Gasteiger partial charge is 0.368 e. The van der Waals surface area contributed by atoms with Crippen LogP contribution in [0, 0.1) is 0 Å². The molecule has 0 aromatic heterocycles. The fourth-order valence-corrected chi connectivity index (χ4v) is 3.00. The van der Waals surface area contributed by atoms with Gasteiger partial charge < -0.3 is 10.2 Å². The standard InChI is InChI=1S/C14H17BrN2O2/c1-9(18)11-3-4-14(13(15)7-11)17-6-5-12(8-17)16-10(2)19/h3-4,7,12H,5-6,8H2,1-2H3,(H,16,19). The van der Waals surface area contributed by atoms with Gasteiger partial charge in [0.2, 0.25) is 5.91 Å². The van der Waals surface area contributed by atoms with Gasteiger partial charge in [-0.05, 0) is 47.5 Å². The summed E-state index contributed by atoms with van der Waals surface area (Å²) in [7, 11) is 0. The Balaban J connectivity index is 2.11. The molecule has 1 aromatic carbocycles. The lowest BCUT2D eigenvalue weighted by molar-refractivity contribution is -0.119. The molecule has 0 spiro atoms. The topological polar surface area (TPSA) is 49.4 Å². The van der Waals surface area contributed by atoms with Crippen LogP contribution >= 0.6 is 15.9 Å². The lowest BCUT2D eigenvalue weighted by Gasteiger charge is -2.20. The highest BCUT2D eigenvalue weighted by molar-refractivity contribution is 9.10. The minimum atomic E-state index is 0.0119. The summed E-state index contributed by atoms with van der Waals surface area (Å²) in [5.41, 5.74) is 1.77. The van der Waals surface area contributed by atoms with E-state index < -0.39 is 0 Å². The van der Waals surface area contributed by atoms with Gasteiger partial charge in [0.15, 0.2) is 5.78 Å². The number of nitrogens with zero attached hydrogens (tertiary/aromatic N) is 1. The van der Waals surface area contributed by atoms with Gasteiger partial charge >= 0.3 is 0 Å². The van der Waals surface area contributed by atoms with Crippen molar-refractivity contribution in [2.45, 2.75) is 26.3 Å². The highest BCUT2D eigenvalue weighted by Gasteiger charge is 2.24. The zero-order valence-electron chi connectivity index (χ0n) is 11.1. The second-order valence-corrected chi connectivity index (χ2v) is 5.71. The van der Waals surface area contributed by atoms with E-state index in [-0.39, 0.29) is 17.7 Å². The van der Waals surface area contributed by atoms with E-state index in [1.165, 1.54) is 0 Å². The van der Waals surface area contributed by atoms with Crippen molar-refractivity contribution in [1.82, 2.24) is 5.32 Å². The smallest absolute Gasteiger partial charge is 0.217 e. The molecule has 4 nitrogen and oxygen atoms in total. The van der Waals surface area contributed by atoms with Gasteiger partial charge in [0, 0.05) is 36.1 Å². The Labute approximate surface area is 121 Å². The molecule has 1 amide bonds. The van der Waals surface area contributed by atoms with Crippen molar-refractivity contribution >= 4 is 33.3 Å². The van der Waals surface area contributed by atoms with Gasteiger partial charge in [-0.2, -0.15) is 0 Å². The van der Waals surface area contributed by atoms with Crippen molar-refractivity contribution in [3.05, 3.63) is 28.2 Å². The molecular formula is C14H17BrN2O2. The molecule has 2 rings (SSSR count). The van der Waals surface area contributed by atoms with Crippen molar-refractivity contribution in [3.8, 4) is 0 Å². The van der Waals surface area contributed by atoms with Crippen molar-refractivity contribution in [2.75, 3.05) is 18.0 Å². The first-order valence-corrected chi connectivity index (χ1v) is 7.09. The Bertz CT molecular complexity index is 516. The van der Waals surface area contributed by atoms with Crippen LogP contribution in [-0.2, 0) is 4.79 Å². The van der Waals surface area contributed by atoms with E-state index >= 15 is 0 Å². The fourth-order valence-electron chi connectivity index (χ4n) is 2.37. The van der Waals surface area contributed by atoms with Gasteiger partial charge in [-0.15, -0.1) is 0 Å². The molecule has 1 unspecified atom stereocenters. The summed E-state index contributed by atoms with van der Waals surface area (Å²) < 4.78 is 0.920. The normalized spacial score (nSPS) is 18.5. The molecular weight excluding hydrogens is 308 g/mol. The molecule has 1 saturated heterocycles. The molecule has 1 fully saturated rings. The van der Waals surface area contributed by atoms with Crippen LogP contribution in [0.5, 0.6) is 0 Å². The van der Waals surface area contributed by atoms with Crippen molar-refractivity contribution in [3.63, 3.8) is 0 Å². The van der Waals surface area contributed by atoms with Crippen LogP contribution in [-0.4, -0.2) is 30.8 Å². The quantitative estimate of drug-likeness (QED) is 0.868. The molecule has 1 aromatic rings. The molecule has 0 bridgehead atoms. The van der Waals surface area contributed by atoms with E-state index in [4.69, 9.17) is 0 Å². The molecule has 1 N–H and O–H groups in total. The van der Waals surface area contributed by atoms with Crippen molar-refractivity contribution in [2.24, 2.45) is 0 Å². The maximum atomic E-state index is 11.3. The van der Waals surface area contributed by atoms with Crippen LogP contribution in [0.3, 0.4) is 0 Å². The van der Waals surface area contributed by atoms with Gasteiger partial charge in [0.25, 0.3) is 0 Å². The Morgan fingerprint density at radius 2 is 2.11 bits per heavy atom. The maximum Gasteiger partial charge on any atom is 0.217 e. The average molecular weight is 325 g/mol. The molecule has 1 aliphatic heterocycles. The van der Waals surface area contributed by atoms with Crippen LogP contribution in [0.25, 0.3) is 0 Å². The predicted molar refractivity (Wildman–Crippen MR) is 78.6 cm³/mol. The number of hydrogen-bond acceptors (Lipinski definition) is 3. The number of carbonyl (C=O) groups excluding carboxylic acids is 2. The number of rotatable bonds is 3. The third kappa shape index (κ3) is 3.35. The van der Waals surface area contributed by atoms with Crippen molar-refractivity contribution in [1.29, 1.82) is 0 Å². The second kappa shape index (κ2) is 5.74. The summed E-state index contributed by atoms with van der Waals surface area (Å²) in [4.78, 5) is 24.6. The maximum absolute atomic E-state index is 11.3. The molecule has 0 aliphatic carbocycles. The first-order chi connectivity index (χ1) is 8.97. The number of hydrogen-bond donors (Lipinski definition) is 1. The highest BCUT2D eigenvalue weighted by Crippen LogP contribution is 2.30. The Hall–Kier alpha value is -1.36. The van der Waals surface area contributed by atoms with Gasteiger partial charge in [-0.3, -0.25) is 9.59 Å². The molecule has 5 heteroatoms. The molecule has 0 radical (unpaired) electrons. The Morgan fingerprint density at radius 3 is 2.68 bits per heavy atom. The number of benzene rings is 1. The summed E-state index contributed by atoms with van der Waals surface area (Å²) in [5, 5.41) is 2.94. The average Bonchev–Trinajstić information content (AvgIpc) is 2.76. The van der Waals surface area contributed by atoms with Gasteiger partial charge in [-0.25, -0.2) is 0 Å². The zero-order chi connectivity index (χ0) is 14.0. The van der Waals surface area contributed by atoms with E-state index in [1.807, 2.05) is 18.2 Å². The molecule has 1 aliphatic rings. The van der Waals surface area contributed by atoms with Crippen molar-refractivity contribution < 1.29 is 9.59 Å². The predicted octanol–water partition coefficient (Wildman–Crippen LogP) is 2.37. The second-order valence-electron chi connectivity index (χ2n) is 4.85. The number of amides is 1. The number of anilines is 1. The van der Waals surface area contributed by atoms with E-state index in [1.54, 1.807) is 13.8 Å². The molecule has 1 atom stereocenters. The zero-order valence-corrected chi connectivity index (χ0v) is 12.7. The minimum Gasteiger partial charge on any atom is -0.368 e. The van der Waals surface area contributed by atoms with Crippen LogP contribution in [0.4, 0.5) is 5.69 Å². The summed E-state index contributed by atoms with van der Waals surface area (Å²) in [6, 6.07) is 5.85. The number of ketones is 1. The molecule has 0 saturated carbocycles. The third-order valence-corrected chi connectivity index (χ3v) is 3.93. The van der Waals surface area contributed by atoms with E-state index in [0.717, 1.165) is 29.7 Å². The SMILES string of the molecule is CC(=O)NC1CCN(c2ccc(C(C)=O)cc2Br)C1. The number of nitrogens with one attached hydrogen (secondary N) is 1. The van der Waals surface area contributed by atoms with E-state index in [0.29, 0.717) is 5.56 Å². The first kappa shape index (κ1) is 14.1. The summed E-state index contributed by atoms with van der Waals surface area (Å²) >= 11 is 3.51. The van der Waals surface area contributed by atoms with Gasteiger partial charge in [-0.1, -0.05) is 0 Å². The first-order valence-electron chi connectivity index (χ1n) is 6.30. The van der Waals surface area contributed by atoms with Crippen LogP contribution in [0.2, 0.25) is 0 Å². The Kier molecular flexibility index (Phi) is 4.24. The van der Waals surface area contributed by atoms with Crippen LogP contribution in [0.1, 0.15) is 30.6 Å². The molecule has 102 valence electrons. The summed E-state index contributed by atoms with van der Waals surface area (Å²) in [6.07, 6.45) is 0.945. The Morgan fingerprint density at radius 1 is 1.37 bits per heavy atom. The van der Waals surface area contributed by atoms with Crippen LogP contribution < -0.4 is 10.2 Å². The number of halogens is 1. The van der Waals surface area contributed by atoms with E-state index in [2.05, 4.69) is 26.1 Å². The number of Topliss-reactive ketones (excluding diaryl/α,β-unsaturated/α-hetero) is 1. The lowest BCUT2D eigenvalue weighted by atomic mass is 10.1. The highest BCUT2D eigenvalue weighted by atomic mass is 79.9. The van der Waals surface area contributed by atoms with E-state index in [9.17, 15) is 9.59 Å². The fraction of sp³-hybridized carbons (Fsp3) is 0.429. The summed E-state index contributed by atoms with van der Waals surface area (Å²) in [5.74, 6) is 0.0719. The van der Waals surface area contributed by atoms with Crippen LogP contribution in [0.15, 0.2) is 22.7 Å². The minimum absolute atomic E-state index is 0.0119. The lowest BCUT2D eigenvalue weighted by Crippen LogP contribution is -2.35. The number of carbonyl (C=O) groups is 2. The van der Waals surface area contributed by atoms with Gasteiger partial charge in [0.05, 0.1) is 5.69 Å². The van der Waals surface area contributed by atoms with Gasteiger partial charge in [0.1, 0.15) is 0 Å². The third-order valence-electron chi connectivity index (χ3n) is 3.29.